The topological polar surface area (TPSA) is 64.4 Å². The molecular weight excluding hydrogens is 316 g/mol. The van der Waals surface area contributed by atoms with Crippen molar-refractivity contribution in [1.29, 1.82) is 0 Å². The van der Waals surface area contributed by atoms with E-state index in [9.17, 15) is 4.79 Å². The Morgan fingerprint density at radius 2 is 1.91 bits per heavy atom. The van der Waals surface area contributed by atoms with Crippen molar-refractivity contribution in [3.63, 3.8) is 0 Å². The Morgan fingerprint density at radius 3 is 2.57 bits per heavy atom. The number of amides is 1. The van der Waals surface area contributed by atoms with Gasteiger partial charge in [0.2, 0.25) is 5.76 Å². The summed E-state index contributed by atoms with van der Waals surface area (Å²) in [5, 5.41) is 6.93. The van der Waals surface area contributed by atoms with Crippen molar-refractivity contribution >= 4 is 23.2 Å². The first kappa shape index (κ1) is 15.1. The highest BCUT2D eigenvalue weighted by Gasteiger charge is 2.11. The monoisotopic (exact) mass is 328 g/mol. The van der Waals surface area contributed by atoms with Gasteiger partial charge in [0.25, 0.3) is 5.91 Å². The second-order valence-corrected chi connectivity index (χ2v) is 5.25. The SMILES string of the molecule is Cc1cc(C(=O)Nc2ccc(Oc3ccccc3Cl)cc2)on1. The minimum atomic E-state index is -0.356. The van der Waals surface area contributed by atoms with Crippen LogP contribution in [0.2, 0.25) is 5.02 Å². The number of para-hydroxylation sites is 1. The summed E-state index contributed by atoms with van der Waals surface area (Å²) >= 11 is 6.05. The zero-order valence-electron chi connectivity index (χ0n) is 12.2. The van der Waals surface area contributed by atoms with E-state index in [1.807, 2.05) is 12.1 Å². The van der Waals surface area contributed by atoms with Crippen molar-refractivity contribution in [2.75, 3.05) is 5.32 Å². The van der Waals surface area contributed by atoms with Gasteiger partial charge in [-0.3, -0.25) is 4.79 Å². The number of carbonyl (C=O) groups is 1. The molecule has 1 heterocycles. The Balaban J connectivity index is 1.67. The van der Waals surface area contributed by atoms with Crippen LogP contribution in [-0.4, -0.2) is 11.1 Å². The van der Waals surface area contributed by atoms with Gasteiger partial charge in [-0.25, -0.2) is 0 Å². The number of nitrogens with one attached hydrogen (secondary N) is 1. The fourth-order valence-corrected chi connectivity index (χ4v) is 2.10. The van der Waals surface area contributed by atoms with E-state index in [2.05, 4.69) is 10.5 Å². The minimum Gasteiger partial charge on any atom is -0.456 e. The zero-order valence-corrected chi connectivity index (χ0v) is 13.0. The zero-order chi connectivity index (χ0) is 16.2. The summed E-state index contributed by atoms with van der Waals surface area (Å²) in [7, 11) is 0. The predicted octanol–water partition coefficient (Wildman–Crippen LogP) is 4.68. The van der Waals surface area contributed by atoms with Crippen molar-refractivity contribution in [3.8, 4) is 11.5 Å². The third kappa shape index (κ3) is 3.70. The summed E-state index contributed by atoms with van der Waals surface area (Å²) in [5.41, 5.74) is 1.27. The van der Waals surface area contributed by atoms with Gasteiger partial charge in [0.1, 0.15) is 11.5 Å². The van der Waals surface area contributed by atoms with Gasteiger partial charge < -0.3 is 14.6 Å². The Morgan fingerprint density at radius 1 is 1.17 bits per heavy atom. The van der Waals surface area contributed by atoms with Gasteiger partial charge in [-0.05, 0) is 43.3 Å². The Kier molecular flexibility index (Phi) is 4.30. The molecule has 3 aromatic rings. The van der Waals surface area contributed by atoms with Gasteiger partial charge in [-0.15, -0.1) is 0 Å². The first-order valence-corrected chi connectivity index (χ1v) is 7.27. The van der Waals surface area contributed by atoms with E-state index < -0.39 is 0 Å². The molecule has 1 aromatic heterocycles. The summed E-state index contributed by atoms with van der Waals surface area (Å²) in [6.45, 7) is 1.75. The van der Waals surface area contributed by atoms with E-state index in [-0.39, 0.29) is 11.7 Å². The third-order valence-corrected chi connectivity index (χ3v) is 3.34. The van der Waals surface area contributed by atoms with Gasteiger partial charge in [-0.2, -0.15) is 0 Å². The second-order valence-electron chi connectivity index (χ2n) is 4.84. The van der Waals surface area contributed by atoms with Crippen molar-refractivity contribution in [3.05, 3.63) is 71.1 Å². The highest BCUT2D eigenvalue weighted by molar-refractivity contribution is 6.32. The highest BCUT2D eigenvalue weighted by atomic mass is 35.5. The molecule has 0 bridgehead atoms. The fourth-order valence-electron chi connectivity index (χ4n) is 1.92. The number of aryl methyl sites for hydroxylation is 1. The van der Waals surface area contributed by atoms with Crippen molar-refractivity contribution in [1.82, 2.24) is 5.16 Å². The molecule has 0 saturated carbocycles. The Bertz CT molecular complexity index is 828. The molecule has 2 aromatic carbocycles. The molecule has 6 heteroatoms. The summed E-state index contributed by atoms with van der Waals surface area (Å²) in [5.74, 6) is 0.999. The van der Waals surface area contributed by atoms with E-state index in [1.165, 1.54) is 0 Å². The molecule has 1 N–H and O–H groups in total. The molecule has 0 radical (unpaired) electrons. The standard InChI is InChI=1S/C17H13ClN2O3/c1-11-10-16(23-20-11)17(21)19-12-6-8-13(9-7-12)22-15-5-3-2-4-14(15)18/h2-10H,1H3,(H,19,21). The van der Waals surface area contributed by atoms with Crippen LogP contribution in [0.25, 0.3) is 0 Å². The van der Waals surface area contributed by atoms with E-state index in [0.717, 1.165) is 0 Å². The second kappa shape index (κ2) is 6.54. The summed E-state index contributed by atoms with van der Waals surface area (Å²) in [6, 6.07) is 15.7. The first-order chi connectivity index (χ1) is 11.1. The third-order valence-electron chi connectivity index (χ3n) is 3.03. The van der Waals surface area contributed by atoms with Crippen LogP contribution >= 0.6 is 11.6 Å². The van der Waals surface area contributed by atoms with Crippen LogP contribution in [0.5, 0.6) is 11.5 Å². The van der Waals surface area contributed by atoms with Crippen LogP contribution in [-0.2, 0) is 0 Å². The molecule has 0 spiro atoms. The molecule has 23 heavy (non-hydrogen) atoms. The van der Waals surface area contributed by atoms with Gasteiger partial charge in [-0.1, -0.05) is 28.9 Å². The highest BCUT2D eigenvalue weighted by Crippen LogP contribution is 2.29. The number of hydrogen-bond acceptors (Lipinski definition) is 4. The number of nitrogens with zero attached hydrogens (tertiary/aromatic N) is 1. The molecule has 116 valence electrons. The van der Waals surface area contributed by atoms with Crippen LogP contribution in [0, 0.1) is 6.92 Å². The molecule has 5 nitrogen and oxygen atoms in total. The molecule has 3 rings (SSSR count). The number of aromatic nitrogens is 1. The van der Waals surface area contributed by atoms with Crippen molar-refractivity contribution < 1.29 is 14.1 Å². The maximum atomic E-state index is 12.0. The van der Waals surface area contributed by atoms with E-state index in [0.29, 0.717) is 27.9 Å². The average Bonchev–Trinajstić information content (AvgIpc) is 2.98. The Hall–Kier alpha value is -2.79. The van der Waals surface area contributed by atoms with Crippen LogP contribution in [0.3, 0.4) is 0 Å². The number of benzene rings is 2. The lowest BCUT2D eigenvalue weighted by Crippen LogP contribution is -2.10. The smallest absolute Gasteiger partial charge is 0.294 e. The van der Waals surface area contributed by atoms with Gasteiger partial charge >= 0.3 is 0 Å². The number of halogens is 1. The average molecular weight is 329 g/mol. The molecule has 0 aliphatic heterocycles. The van der Waals surface area contributed by atoms with E-state index >= 15 is 0 Å². The lowest BCUT2D eigenvalue weighted by atomic mass is 10.3. The molecule has 0 atom stereocenters. The van der Waals surface area contributed by atoms with Crippen LogP contribution < -0.4 is 10.1 Å². The number of ether oxygens (including phenoxy) is 1. The molecule has 1 amide bonds. The van der Waals surface area contributed by atoms with Gasteiger partial charge in [0.05, 0.1) is 10.7 Å². The molecule has 0 saturated heterocycles. The first-order valence-electron chi connectivity index (χ1n) is 6.89. The maximum Gasteiger partial charge on any atom is 0.294 e. The predicted molar refractivity (Wildman–Crippen MR) is 87.2 cm³/mol. The van der Waals surface area contributed by atoms with Crippen molar-refractivity contribution in [2.24, 2.45) is 0 Å². The van der Waals surface area contributed by atoms with E-state index in [1.54, 1.807) is 49.4 Å². The fraction of sp³-hybridized carbons (Fsp3) is 0.0588. The summed E-state index contributed by atoms with van der Waals surface area (Å²) in [4.78, 5) is 12.0. The lowest BCUT2D eigenvalue weighted by Gasteiger charge is -2.08. The normalized spacial score (nSPS) is 10.3. The van der Waals surface area contributed by atoms with Crippen LogP contribution in [0.15, 0.2) is 59.1 Å². The van der Waals surface area contributed by atoms with E-state index in [4.69, 9.17) is 20.9 Å². The molecule has 0 aliphatic carbocycles. The maximum absolute atomic E-state index is 12.0. The van der Waals surface area contributed by atoms with Crippen LogP contribution in [0.1, 0.15) is 16.2 Å². The van der Waals surface area contributed by atoms with Gasteiger partial charge in [0, 0.05) is 11.8 Å². The van der Waals surface area contributed by atoms with Crippen LogP contribution in [0.4, 0.5) is 5.69 Å². The molecule has 0 aliphatic rings. The largest absolute Gasteiger partial charge is 0.456 e. The lowest BCUT2D eigenvalue weighted by molar-refractivity contribution is 0.0988. The molecule has 0 fully saturated rings. The number of carbonyl (C=O) groups excluding carboxylic acids is 1. The summed E-state index contributed by atoms with van der Waals surface area (Å²) < 4.78 is 10.6. The van der Waals surface area contributed by atoms with Gasteiger partial charge in [0.15, 0.2) is 0 Å². The number of rotatable bonds is 4. The molecule has 0 unspecified atom stereocenters. The summed E-state index contributed by atoms with van der Waals surface area (Å²) in [6.07, 6.45) is 0. The number of hydrogen-bond donors (Lipinski definition) is 1. The quantitative estimate of drug-likeness (QED) is 0.755. The van der Waals surface area contributed by atoms with Crippen molar-refractivity contribution in [2.45, 2.75) is 6.92 Å². The number of anilines is 1. The Labute approximate surface area is 137 Å². The minimum absolute atomic E-state index is 0.166. The molecular formula is C17H13ClN2O3.